The van der Waals surface area contributed by atoms with Crippen LogP contribution in [-0.2, 0) is 12.8 Å². The van der Waals surface area contributed by atoms with Crippen molar-refractivity contribution >= 4 is 11.3 Å². The van der Waals surface area contributed by atoms with E-state index in [9.17, 15) is 8.78 Å². The minimum absolute atomic E-state index is 0.186. The molecular weight excluding hydrogens is 278 g/mol. The van der Waals surface area contributed by atoms with E-state index < -0.39 is 11.6 Å². The predicted octanol–water partition coefficient (Wildman–Crippen LogP) is 3.57. The summed E-state index contributed by atoms with van der Waals surface area (Å²) in [6, 6.07) is 4.29. The number of thiazole rings is 1. The summed E-state index contributed by atoms with van der Waals surface area (Å²) < 4.78 is 26.2. The van der Waals surface area contributed by atoms with Crippen molar-refractivity contribution in [1.29, 1.82) is 0 Å². The molecule has 1 aromatic carbocycles. The summed E-state index contributed by atoms with van der Waals surface area (Å²) in [6.07, 6.45) is 4.29. The van der Waals surface area contributed by atoms with Crippen LogP contribution in [0.25, 0.3) is 0 Å². The van der Waals surface area contributed by atoms with E-state index in [1.165, 1.54) is 12.1 Å². The lowest BCUT2D eigenvalue weighted by molar-refractivity contribution is 0.491. The van der Waals surface area contributed by atoms with Crippen molar-refractivity contribution in [1.82, 2.24) is 10.3 Å². The van der Waals surface area contributed by atoms with Gasteiger partial charge in [0.2, 0.25) is 0 Å². The summed E-state index contributed by atoms with van der Waals surface area (Å²) in [4.78, 5) is 4.28. The minimum Gasteiger partial charge on any atom is -0.313 e. The number of aromatic nitrogens is 1. The topological polar surface area (TPSA) is 24.9 Å². The van der Waals surface area contributed by atoms with Gasteiger partial charge in [-0.05, 0) is 37.1 Å². The zero-order valence-electron chi connectivity index (χ0n) is 11.4. The molecule has 0 fully saturated rings. The van der Waals surface area contributed by atoms with Crippen LogP contribution in [0.3, 0.4) is 0 Å². The van der Waals surface area contributed by atoms with E-state index >= 15 is 0 Å². The maximum Gasteiger partial charge on any atom is 0.159 e. The lowest BCUT2D eigenvalue weighted by Crippen LogP contribution is -2.33. The molecule has 1 N–H and O–H groups in total. The predicted molar refractivity (Wildman–Crippen MR) is 78.0 cm³/mol. The molecule has 0 bridgehead atoms. The normalized spacial score (nSPS) is 12.6. The SMILES string of the molecule is CCCNC(Cc1ccc(F)c(F)c1)Cc1nccs1. The Morgan fingerprint density at radius 2 is 2.10 bits per heavy atom. The van der Waals surface area contributed by atoms with Crippen molar-refractivity contribution in [3.63, 3.8) is 0 Å². The Bertz CT molecular complexity index is 529. The van der Waals surface area contributed by atoms with E-state index in [1.807, 2.05) is 5.38 Å². The fraction of sp³-hybridized carbons (Fsp3) is 0.400. The summed E-state index contributed by atoms with van der Waals surface area (Å²) in [5, 5.41) is 6.45. The summed E-state index contributed by atoms with van der Waals surface area (Å²) >= 11 is 1.62. The summed E-state index contributed by atoms with van der Waals surface area (Å²) in [7, 11) is 0. The molecule has 1 atom stereocenters. The van der Waals surface area contributed by atoms with Crippen molar-refractivity contribution in [2.75, 3.05) is 6.54 Å². The van der Waals surface area contributed by atoms with Gasteiger partial charge in [-0.15, -0.1) is 11.3 Å². The van der Waals surface area contributed by atoms with Gasteiger partial charge in [0, 0.05) is 24.0 Å². The van der Waals surface area contributed by atoms with Crippen LogP contribution in [0.4, 0.5) is 8.78 Å². The fourth-order valence-corrected chi connectivity index (χ4v) is 2.78. The molecule has 2 nitrogen and oxygen atoms in total. The van der Waals surface area contributed by atoms with Crippen molar-refractivity contribution in [3.05, 3.63) is 52.0 Å². The van der Waals surface area contributed by atoms with Crippen LogP contribution < -0.4 is 5.32 Å². The number of rotatable bonds is 7. The highest BCUT2D eigenvalue weighted by Crippen LogP contribution is 2.14. The van der Waals surface area contributed by atoms with Crippen LogP contribution in [-0.4, -0.2) is 17.6 Å². The third-order valence-corrected chi connectivity index (χ3v) is 3.86. The maximum atomic E-state index is 13.3. The second-order valence-electron chi connectivity index (χ2n) is 4.73. The van der Waals surface area contributed by atoms with E-state index in [0.29, 0.717) is 6.42 Å². The Hall–Kier alpha value is -1.33. The molecule has 0 aliphatic rings. The third-order valence-electron chi connectivity index (χ3n) is 3.05. The number of benzene rings is 1. The Kier molecular flexibility index (Phi) is 5.61. The first-order valence-corrected chi connectivity index (χ1v) is 7.62. The summed E-state index contributed by atoms with van der Waals surface area (Å²) in [6.45, 7) is 3.00. The first-order chi connectivity index (χ1) is 9.69. The lowest BCUT2D eigenvalue weighted by atomic mass is 10.0. The monoisotopic (exact) mass is 296 g/mol. The first-order valence-electron chi connectivity index (χ1n) is 6.74. The molecule has 108 valence electrons. The smallest absolute Gasteiger partial charge is 0.159 e. The number of halogens is 2. The molecule has 0 spiro atoms. The van der Waals surface area contributed by atoms with Crippen LogP contribution in [0.5, 0.6) is 0 Å². The molecule has 20 heavy (non-hydrogen) atoms. The highest BCUT2D eigenvalue weighted by atomic mass is 32.1. The van der Waals surface area contributed by atoms with Gasteiger partial charge in [0.25, 0.3) is 0 Å². The molecular formula is C15H18F2N2S. The number of hydrogen-bond donors (Lipinski definition) is 1. The Balaban J connectivity index is 2.04. The van der Waals surface area contributed by atoms with E-state index in [4.69, 9.17) is 0 Å². The van der Waals surface area contributed by atoms with E-state index in [0.717, 1.165) is 30.0 Å². The second-order valence-corrected chi connectivity index (χ2v) is 5.71. The molecule has 2 aromatic rings. The molecule has 0 amide bonds. The van der Waals surface area contributed by atoms with E-state index in [1.54, 1.807) is 23.6 Å². The van der Waals surface area contributed by atoms with Crippen LogP contribution in [0.1, 0.15) is 23.9 Å². The van der Waals surface area contributed by atoms with Crippen LogP contribution in [0.15, 0.2) is 29.8 Å². The van der Waals surface area contributed by atoms with E-state index in [-0.39, 0.29) is 6.04 Å². The molecule has 0 saturated heterocycles. The average Bonchev–Trinajstić information content (AvgIpc) is 2.93. The van der Waals surface area contributed by atoms with Crippen LogP contribution in [0.2, 0.25) is 0 Å². The zero-order chi connectivity index (χ0) is 14.4. The number of hydrogen-bond acceptors (Lipinski definition) is 3. The average molecular weight is 296 g/mol. The Labute approximate surface area is 121 Å². The van der Waals surface area contributed by atoms with E-state index in [2.05, 4.69) is 17.2 Å². The van der Waals surface area contributed by atoms with Crippen LogP contribution in [0, 0.1) is 11.6 Å². The first kappa shape index (κ1) is 15.1. The number of nitrogens with one attached hydrogen (secondary N) is 1. The third kappa shape index (κ3) is 4.35. The van der Waals surface area contributed by atoms with Crippen molar-refractivity contribution in [2.45, 2.75) is 32.2 Å². The van der Waals surface area contributed by atoms with Gasteiger partial charge < -0.3 is 5.32 Å². The largest absolute Gasteiger partial charge is 0.313 e. The lowest BCUT2D eigenvalue weighted by Gasteiger charge is -2.17. The highest BCUT2D eigenvalue weighted by molar-refractivity contribution is 7.09. The van der Waals surface area contributed by atoms with Crippen molar-refractivity contribution in [3.8, 4) is 0 Å². The van der Waals surface area contributed by atoms with Gasteiger partial charge in [0.1, 0.15) is 0 Å². The number of nitrogens with zero attached hydrogens (tertiary/aromatic N) is 1. The second kappa shape index (κ2) is 7.45. The van der Waals surface area contributed by atoms with Gasteiger partial charge in [0.05, 0.1) is 5.01 Å². The molecule has 0 aliphatic carbocycles. The zero-order valence-corrected chi connectivity index (χ0v) is 12.2. The standard InChI is InChI=1S/C15H18F2N2S/c1-2-5-18-12(10-15-19-6-7-20-15)8-11-3-4-13(16)14(17)9-11/h3-4,6-7,9,12,18H,2,5,8,10H2,1H3. The minimum atomic E-state index is -0.799. The molecule has 0 saturated carbocycles. The van der Waals surface area contributed by atoms with Gasteiger partial charge in [-0.2, -0.15) is 0 Å². The van der Waals surface area contributed by atoms with Gasteiger partial charge in [0.15, 0.2) is 11.6 Å². The molecule has 0 aliphatic heterocycles. The highest BCUT2D eigenvalue weighted by Gasteiger charge is 2.13. The van der Waals surface area contributed by atoms with Crippen molar-refractivity contribution in [2.24, 2.45) is 0 Å². The van der Waals surface area contributed by atoms with Gasteiger partial charge in [-0.1, -0.05) is 13.0 Å². The summed E-state index contributed by atoms with van der Waals surface area (Å²) in [5.41, 5.74) is 0.800. The Morgan fingerprint density at radius 1 is 1.25 bits per heavy atom. The van der Waals surface area contributed by atoms with Gasteiger partial charge in [-0.25, -0.2) is 13.8 Å². The van der Waals surface area contributed by atoms with Crippen molar-refractivity contribution < 1.29 is 8.78 Å². The fourth-order valence-electron chi connectivity index (χ4n) is 2.08. The maximum absolute atomic E-state index is 13.3. The molecule has 2 rings (SSSR count). The molecule has 1 heterocycles. The quantitative estimate of drug-likeness (QED) is 0.845. The van der Waals surface area contributed by atoms with Gasteiger partial charge in [-0.3, -0.25) is 0 Å². The van der Waals surface area contributed by atoms with Gasteiger partial charge >= 0.3 is 0 Å². The van der Waals surface area contributed by atoms with Crippen LogP contribution >= 0.6 is 11.3 Å². The summed E-state index contributed by atoms with van der Waals surface area (Å²) in [5.74, 6) is -1.59. The molecule has 0 radical (unpaired) electrons. The molecule has 1 unspecified atom stereocenters. The Morgan fingerprint density at radius 3 is 2.75 bits per heavy atom. The molecule has 5 heteroatoms. The molecule has 1 aromatic heterocycles.